The number of piperazine rings is 1. The van der Waals surface area contributed by atoms with Gasteiger partial charge < -0.3 is 10.2 Å². The molecule has 0 amide bonds. The maximum absolute atomic E-state index is 5.54. The molecule has 1 fully saturated rings. The second-order valence-corrected chi connectivity index (χ2v) is 5.81. The first-order valence-electron chi connectivity index (χ1n) is 7.41. The molecular formula is C18H23ClN2. The molecule has 1 atom stereocenters. The SMILES string of the molecule is Cc1ccc(N2CCNCC2C)cc1.Clc1ccccc1. The lowest BCUT2D eigenvalue weighted by Gasteiger charge is -2.35. The van der Waals surface area contributed by atoms with E-state index in [0.29, 0.717) is 6.04 Å². The monoisotopic (exact) mass is 302 g/mol. The molecule has 2 aromatic carbocycles. The minimum absolute atomic E-state index is 0.603. The van der Waals surface area contributed by atoms with Crippen LogP contribution in [-0.4, -0.2) is 25.7 Å². The molecule has 2 aromatic rings. The first-order valence-corrected chi connectivity index (χ1v) is 7.79. The minimum Gasteiger partial charge on any atom is -0.366 e. The summed E-state index contributed by atoms with van der Waals surface area (Å²) in [4.78, 5) is 2.47. The zero-order chi connectivity index (χ0) is 15.1. The van der Waals surface area contributed by atoms with Crippen LogP contribution in [0.5, 0.6) is 0 Å². The number of rotatable bonds is 1. The van der Waals surface area contributed by atoms with Crippen molar-refractivity contribution in [3.63, 3.8) is 0 Å². The third kappa shape index (κ3) is 5.07. The van der Waals surface area contributed by atoms with Crippen LogP contribution in [0, 0.1) is 6.92 Å². The fourth-order valence-corrected chi connectivity index (χ4v) is 2.52. The lowest BCUT2D eigenvalue weighted by Crippen LogP contribution is -2.49. The van der Waals surface area contributed by atoms with Gasteiger partial charge in [-0.1, -0.05) is 47.5 Å². The Labute approximate surface area is 132 Å². The van der Waals surface area contributed by atoms with E-state index in [4.69, 9.17) is 11.6 Å². The van der Waals surface area contributed by atoms with Crippen molar-refractivity contribution in [3.8, 4) is 0 Å². The van der Waals surface area contributed by atoms with Crippen LogP contribution in [0.15, 0.2) is 54.6 Å². The first-order chi connectivity index (χ1) is 10.2. The highest BCUT2D eigenvalue weighted by Crippen LogP contribution is 2.18. The summed E-state index contributed by atoms with van der Waals surface area (Å²) in [6.45, 7) is 7.70. The van der Waals surface area contributed by atoms with Crippen LogP contribution in [0.25, 0.3) is 0 Å². The van der Waals surface area contributed by atoms with Crippen molar-refractivity contribution in [1.82, 2.24) is 5.32 Å². The van der Waals surface area contributed by atoms with Crippen LogP contribution >= 0.6 is 11.6 Å². The molecule has 1 saturated heterocycles. The number of anilines is 1. The maximum Gasteiger partial charge on any atom is 0.0405 e. The molecule has 1 aliphatic rings. The molecule has 0 aromatic heterocycles. The summed E-state index contributed by atoms with van der Waals surface area (Å²) in [5.74, 6) is 0. The summed E-state index contributed by atoms with van der Waals surface area (Å²) >= 11 is 5.54. The number of benzene rings is 2. The summed E-state index contributed by atoms with van der Waals surface area (Å²) < 4.78 is 0. The van der Waals surface area contributed by atoms with Crippen molar-refractivity contribution >= 4 is 17.3 Å². The van der Waals surface area contributed by atoms with Gasteiger partial charge in [0.1, 0.15) is 0 Å². The van der Waals surface area contributed by atoms with E-state index in [9.17, 15) is 0 Å². The molecule has 3 rings (SSSR count). The Hall–Kier alpha value is -1.51. The van der Waals surface area contributed by atoms with E-state index in [1.165, 1.54) is 11.3 Å². The molecule has 1 N–H and O–H groups in total. The quantitative estimate of drug-likeness (QED) is 0.852. The second-order valence-electron chi connectivity index (χ2n) is 5.38. The Kier molecular flexibility index (Phi) is 6.09. The predicted octanol–water partition coefficient (Wildman–Crippen LogP) is 4.13. The Bertz CT molecular complexity index is 525. The van der Waals surface area contributed by atoms with Crippen molar-refractivity contribution < 1.29 is 0 Å². The lowest BCUT2D eigenvalue weighted by atomic mass is 10.1. The summed E-state index contributed by atoms with van der Waals surface area (Å²) in [5, 5.41) is 4.20. The second kappa shape index (κ2) is 8.06. The summed E-state index contributed by atoms with van der Waals surface area (Å²) in [6, 6.07) is 18.9. The fraction of sp³-hybridized carbons (Fsp3) is 0.333. The van der Waals surface area contributed by atoms with E-state index in [-0.39, 0.29) is 0 Å². The largest absolute Gasteiger partial charge is 0.366 e. The average molecular weight is 303 g/mol. The highest BCUT2D eigenvalue weighted by atomic mass is 35.5. The third-order valence-corrected chi connectivity index (χ3v) is 3.85. The van der Waals surface area contributed by atoms with Gasteiger partial charge in [0.05, 0.1) is 0 Å². The average Bonchev–Trinajstić information content (AvgIpc) is 2.50. The Balaban J connectivity index is 0.000000194. The molecule has 0 aliphatic carbocycles. The normalized spacial score (nSPS) is 17.9. The minimum atomic E-state index is 0.603. The van der Waals surface area contributed by atoms with Gasteiger partial charge in [-0.15, -0.1) is 0 Å². The predicted molar refractivity (Wildman–Crippen MR) is 92.3 cm³/mol. The van der Waals surface area contributed by atoms with E-state index < -0.39 is 0 Å². The summed E-state index contributed by atoms with van der Waals surface area (Å²) in [5.41, 5.74) is 2.68. The Morgan fingerprint density at radius 1 is 1.05 bits per heavy atom. The van der Waals surface area contributed by atoms with Gasteiger partial charge in [0.25, 0.3) is 0 Å². The van der Waals surface area contributed by atoms with E-state index in [2.05, 4.69) is 48.3 Å². The number of hydrogen-bond acceptors (Lipinski definition) is 2. The van der Waals surface area contributed by atoms with Crippen molar-refractivity contribution in [1.29, 1.82) is 0 Å². The van der Waals surface area contributed by atoms with Crippen LogP contribution in [0.4, 0.5) is 5.69 Å². The van der Waals surface area contributed by atoms with Crippen LogP contribution in [0.2, 0.25) is 5.02 Å². The standard InChI is InChI=1S/C12H18N2.C6H5Cl/c1-10-3-5-12(6-4-10)14-8-7-13-9-11(14)2;7-6-4-2-1-3-5-6/h3-6,11,13H,7-9H2,1-2H3;1-5H. The van der Waals surface area contributed by atoms with E-state index in [0.717, 1.165) is 24.7 Å². The van der Waals surface area contributed by atoms with Gasteiger partial charge in [-0.3, -0.25) is 0 Å². The van der Waals surface area contributed by atoms with E-state index in [1.54, 1.807) is 0 Å². The molecule has 1 heterocycles. The number of nitrogens with one attached hydrogen (secondary N) is 1. The van der Waals surface area contributed by atoms with Gasteiger partial charge in [0.2, 0.25) is 0 Å². The van der Waals surface area contributed by atoms with E-state index >= 15 is 0 Å². The fourth-order valence-electron chi connectivity index (χ4n) is 2.38. The van der Waals surface area contributed by atoms with Crippen LogP contribution in [-0.2, 0) is 0 Å². The molecule has 0 spiro atoms. The highest BCUT2D eigenvalue weighted by molar-refractivity contribution is 6.30. The summed E-state index contributed by atoms with van der Waals surface area (Å²) in [7, 11) is 0. The van der Waals surface area contributed by atoms with Crippen molar-refractivity contribution in [2.45, 2.75) is 19.9 Å². The Morgan fingerprint density at radius 3 is 2.24 bits per heavy atom. The van der Waals surface area contributed by atoms with Crippen LogP contribution in [0.1, 0.15) is 12.5 Å². The van der Waals surface area contributed by atoms with Gasteiger partial charge in [0.15, 0.2) is 0 Å². The van der Waals surface area contributed by atoms with Gasteiger partial charge in [-0.05, 0) is 38.1 Å². The van der Waals surface area contributed by atoms with Crippen LogP contribution < -0.4 is 10.2 Å². The number of hydrogen-bond donors (Lipinski definition) is 1. The third-order valence-electron chi connectivity index (χ3n) is 3.60. The van der Waals surface area contributed by atoms with Crippen molar-refractivity contribution in [2.24, 2.45) is 0 Å². The van der Waals surface area contributed by atoms with Gasteiger partial charge in [-0.2, -0.15) is 0 Å². The highest BCUT2D eigenvalue weighted by Gasteiger charge is 2.17. The number of aryl methyl sites for hydroxylation is 1. The van der Waals surface area contributed by atoms with Gasteiger partial charge in [0, 0.05) is 36.4 Å². The zero-order valence-electron chi connectivity index (χ0n) is 12.7. The van der Waals surface area contributed by atoms with Crippen molar-refractivity contribution in [3.05, 3.63) is 65.2 Å². The molecule has 3 heteroatoms. The smallest absolute Gasteiger partial charge is 0.0405 e. The molecule has 1 unspecified atom stereocenters. The van der Waals surface area contributed by atoms with Gasteiger partial charge >= 0.3 is 0 Å². The summed E-state index contributed by atoms with van der Waals surface area (Å²) in [6.07, 6.45) is 0. The molecule has 2 nitrogen and oxygen atoms in total. The molecule has 0 bridgehead atoms. The molecule has 0 radical (unpaired) electrons. The Morgan fingerprint density at radius 2 is 1.71 bits per heavy atom. The molecular weight excluding hydrogens is 280 g/mol. The molecule has 0 saturated carbocycles. The lowest BCUT2D eigenvalue weighted by molar-refractivity contribution is 0.501. The molecule has 21 heavy (non-hydrogen) atoms. The number of nitrogens with zero attached hydrogens (tertiary/aromatic N) is 1. The zero-order valence-corrected chi connectivity index (χ0v) is 13.5. The maximum atomic E-state index is 5.54. The van der Waals surface area contributed by atoms with Gasteiger partial charge in [-0.25, -0.2) is 0 Å². The van der Waals surface area contributed by atoms with Crippen molar-refractivity contribution in [2.75, 3.05) is 24.5 Å². The molecule has 1 aliphatic heterocycles. The topological polar surface area (TPSA) is 15.3 Å². The van der Waals surface area contributed by atoms with E-state index in [1.807, 2.05) is 30.3 Å². The van der Waals surface area contributed by atoms with Crippen LogP contribution in [0.3, 0.4) is 0 Å². The first kappa shape index (κ1) is 15.9. The molecule has 112 valence electrons. The number of halogens is 1.